The van der Waals surface area contributed by atoms with Crippen LogP contribution in [0.25, 0.3) is 0 Å². The van der Waals surface area contributed by atoms with E-state index in [1.54, 1.807) is 6.07 Å². The zero-order chi connectivity index (χ0) is 16.2. The summed E-state index contributed by atoms with van der Waals surface area (Å²) in [5.74, 6) is 0.446. The molecule has 2 rings (SSSR count). The molecule has 0 aromatic heterocycles. The Bertz CT molecular complexity index is 603. The van der Waals surface area contributed by atoms with E-state index in [-0.39, 0.29) is 16.0 Å². The average molecular weight is 349 g/mol. The largest absolute Gasteiger partial charge is 0.495 e. The lowest BCUT2D eigenvalue weighted by molar-refractivity contribution is 0.0354. The minimum absolute atomic E-state index is 0.132. The van der Waals surface area contributed by atoms with Gasteiger partial charge in [0.05, 0.1) is 30.2 Å². The maximum Gasteiger partial charge on any atom is 0.240 e. The maximum atomic E-state index is 12.4. The summed E-state index contributed by atoms with van der Waals surface area (Å²) in [5.41, 5.74) is 0. The van der Waals surface area contributed by atoms with E-state index in [1.165, 1.54) is 19.2 Å². The van der Waals surface area contributed by atoms with Gasteiger partial charge in [0, 0.05) is 25.7 Å². The fourth-order valence-electron chi connectivity index (χ4n) is 2.36. The van der Waals surface area contributed by atoms with Crippen molar-refractivity contribution in [1.82, 2.24) is 9.62 Å². The second-order valence-corrected chi connectivity index (χ2v) is 7.35. The van der Waals surface area contributed by atoms with E-state index in [4.69, 9.17) is 21.1 Å². The summed E-state index contributed by atoms with van der Waals surface area (Å²) in [6, 6.07) is 4.21. The molecule has 1 saturated heterocycles. The van der Waals surface area contributed by atoms with Crippen LogP contribution in [0.1, 0.15) is 6.92 Å². The lowest BCUT2D eigenvalue weighted by Gasteiger charge is -2.29. The van der Waals surface area contributed by atoms with Crippen molar-refractivity contribution in [3.63, 3.8) is 0 Å². The Morgan fingerprint density at radius 1 is 1.41 bits per heavy atom. The van der Waals surface area contributed by atoms with Crippen LogP contribution in [0.5, 0.6) is 5.75 Å². The van der Waals surface area contributed by atoms with Crippen LogP contribution in [-0.2, 0) is 14.8 Å². The molecule has 0 spiro atoms. The number of ether oxygens (including phenoxy) is 2. The SMILES string of the molecule is COc1ccc(S(=O)(=O)N[C@H](C)CN2CCOCC2)cc1Cl. The summed E-state index contributed by atoms with van der Waals surface area (Å²) in [4.78, 5) is 2.31. The number of halogens is 1. The molecule has 8 heteroatoms. The first-order chi connectivity index (χ1) is 10.4. The molecule has 1 aromatic rings. The van der Waals surface area contributed by atoms with Gasteiger partial charge in [0.1, 0.15) is 5.75 Å². The Labute approximate surface area is 136 Å². The number of hydrogen-bond acceptors (Lipinski definition) is 5. The van der Waals surface area contributed by atoms with E-state index in [2.05, 4.69) is 9.62 Å². The smallest absolute Gasteiger partial charge is 0.240 e. The number of sulfonamides is 1. The Hall–Kier alpha value is -0.860. The molecule has 1 heterocycles. The van der Waals surface area contributed by atoms with Gasteiger partial charge in [-0.05, 0) is 25.1 Å². The van der Waals surface area contributed by atoms with E-state index in [1.807, 2.05) is 6.92 Å². The second-order valence-electron chi connectivity index (χ2n) is 5.23. The molecule has 1 aliphatic rings. The van der Waals surface area contributed by atoms with Crippen molar-refractivity contribution >= 4 is 21.6 Å². The number of rotatable bonds is 6. The fourth-order valence-corrected chi connectivity index (χ4v) is 3.94. The van der Waals surface area contributed by atoms with Crippen molar-refractivity contribution in [3.8, 4) is 5.75 Å². The van der Waals surface area contributed by atoms with Crippen LogP contribution in [0.2, 0.25) is 5.02 Å². The van der Waals surface area contributed by atoms with Gasteiger partial charge in [-0.1, -0.05) is 11.6 Å². The number of morpholine rings is 1. The maximum absolute atomic E-state index is 12.4. The summed E-state index contributed by atoms with van der Waals surface area (Å²) in [7, 11) is -2.12. The molecule has 22 heavy (non-hydrogen) atoms. The lowest BCUT2D eigenvalue weighted by Crippen LogP contribution is -2.45. The molecule has 0 radical (unpaired) electrons. The normalized spacial score (nSPS) is 18.1. The Morgan fingerprint density at radius 3 is 2.68 bits per heavy atom. The van der Waals surface area contributed by atoms with E-state index < -0.39 is 10.0 Å². The Balaban J connectivity index is 2.01. The predicted octanol–water partition coefficient (Wildman–Crippen LogP) is 1.35. The van der Waals surface area contributed by atoms with Crippen LogP contribution >= 0.6 is 11.6 Å². The summed E-state index contributed by atoms with van der Waals surface area (Å²) in [5, 5.41) is 0.270. The van der Waals surface area contributed by atoms with E-state index >= 15 is 0 Å². The number of benzene rings is 1. The zero-order valence-electron chi connectivity index (χ0n) is 12.7. The summed E-state index contributed by atoms with van der Waals surface area (Å²) < 4.78 is 37.7. The van der Waals surface area contributed by atoms with Crippen molar-refractivity contribution in [3.05, 3.63) is 23.2 Å². The number of nitrogens with zero attached hydrogens (tertiary/aromatic N) is 1. The molecular formula is C14H21ClN2O4S. The standard InChI is InChI=1S/C14H21ClN2O4S/c1-11(10-17-5-7-21-8-6-17)16-22(18,19)12-3-4-14(20-2)13(15)9-12/h3-4,9,11,16H,5-8,10H2,1-2H3/t11-/m1/s1. The first-order valence-electron chi connectivity index (χ1n) is 7.08. The highest BCUT2D eigenvalue weighted by atomic mass is 35.5. The van der Waals surface area contributed by atoms with Gasteiger partial charge in [-0.15, -0.1) is 0 Å². The highest BCUT2D eigenvalue weighted by molar-refractivity contribution is 7.89. The summed E-state index contributed by atoms with van der Waals surface area (Å²) in [6.45, 7) is 5.51. The Kier molecular flexibility index (Phi) is 6.05. The summed E-state index contributed by atoms with van der Waals surface area (Å²) in [6.07, 6.45) is 0. The number of hydrogen-bond donors (Lipinski definition) is 1. The molecule has 0 unspecified atom stereocenters. The van der Waals surface area contributed by atoms with Crippen LogP contribution in [0, 0.1) is 0 Å². The molecule has 0 bridgehead atoms. The monoisotopic (exact) mass is 348 g/mol. The zero-order valence-corrected chi connectivity index (χ0v) is 14.3. The van der Waals surface area contributed by atoms with Crippen LogP contribution in [0.4, 0.5) is 0 Å². The molecule has 0 amide bonds. The van der Waals surface area contributed by atoms with Crippen molar-refractivity contribution < 1.29 is 17.9 Å². The minimum Gasteiger partial charge on any atom is -0.495 e. The van der Waals surface area contributed by atoms with Gasteiger partial charge >= 0.3 is 0 Å². The van der Waals surface area contributed by atoms with Gasteiger partial charge < -0.3 is 9.47 Å². The molecule has 1 aromatic carbocycles. The Morgan fingerprint density at radius 2 is 2.09 bits per heavy atom. The highest BCUT2D eigenvalue weighted by Gasteiger charge is 2.21. The van der Waals surface area contributed by atoms with Crippen LogP contribution in [-0.4, -0.2) is 59.3 Å². The van der Waals surface area contributed by atoms with E-state index in [9.17, 15) is 8.42 Å². The van der Waals surface area contributed by atoms with Crippen molar-refractivity contribution in [2.75, 3.05) is 40.0 Å². The van der Waals surface area contributed by atoms with Gasteiger partial charge in [0.25, 0.3) is 0 Å². The van der Waals surface area contributed by atoms with Crippen molar-refractivity contribution in [2.24, 2.45) is 0 Å². The van der Waals surface area contributed by atoms with Crippen molar-refractivity contribution in [1.29, 1.82) is 0 Å². The first-order valence-corrected chi connectivity index (χ1v) is 8.94. The molecule has 6 nitrogen and oxygen atoms in total. The molecule has 0 saturated carbocycles. The van der Waals surface area contributed by atoms with Gasteiger partial charge in [0.15, 0.2) is 0 Å². The van der Waals surface area contributed by atoms with Gasteiger partial charge in [-0.2, -0.15) is 0 Å². The second kappa shape index (κ2) is 7.61. The highest BCUT2D eigenvalue weighted by Crippen LogP contribution is 2.26. The molecule has 1 N–H and O–H groups in total. The average Bonchev–Trinajstić information content (AvgIpc) is 2.47. The van der Waals surface area contributed by atoms with Gasteiger partial charge in [-0.3, -0.25) is 4.90 Å². The predicted molar refractivity (Wildman–Crippen MR) is 85.0 cm³/mol. The molecular weight excluding hydrogens is 328 g/mol. The minimum atomic E-state index is -3.61. The third kappa shape index (κ3) is 4.57. The van der Waals surface area contributed by atoms with Gasteiger partial charge in [-0.25, -0.2) is 13.1 Å². The van der Waals surface area contributed by atoms with Gasteiger partial charge in [0.2, 0.25) is 10.0 Å². The van der Waals surface area contributed by atoms with E-state index in [0.29, 0.717) is 25.5 Å². The quantitative estimate of drug-likeness (QED) is 0.840. The molecule has 124 valence electrons. The topological polar surface area (TPSA) is 67.9 Å². The number of methoxy groups -OCH3 is 1. The fraction of sp³-hybridized carbons (Fsp3) is 0.571. The van der Waals surface area contributed by atoms with Crippen LogP contribution in [0.15, 0.2) is 23.1 Å². The molecule has 1 fully saturated rings. The van der Waals surface area contributed by atoms with E-state index in [0.717, 1.165) is 13.1 Å². The third-order valence-corrected chi connectivity index (χ3v) is 5.31. The first kappa shape index (κ1) is 17.5. The molecule has 1 atom stereocenters. The van der Waals surface area contributed by atoms with Crippen molar-refractivity contribution in [2.45, 2.75) is 17.9 Å². The van der Waals surface area contributed by atoms with Crippen LogP contribution < -0.4 is 9.46 Å². The molecule has 0 aliphatic carbocycles. The lowest BCUT2D eigenvalue weighted by atomic mass is 10.3. The number of nitrogens with one attached hydrogen (secondary N) is 1. The summed E-state index contributed by atoms with van der Waals surface area (Å²) >= 11 is 5.99. The molecule has 1 aliphatic heterocycles. The van der Waals surface area contributed by atoms with Crippen LogP contribution in [0.3, 0.4) is 0 Å². The third-order valence-electron chi connectivity index (χ3n) is 3.43.